The number of nitrogens with one attached hydrogen (secondary N) is 1. The molecule has 8 heteroatoms. The number of aromatic nitrogens is 2. The molecule has 0 amide bonds. The van der Waals surface area contributed by atoms with Gasteiger partial charge in [-0.2, -0.15) is 0 Å². The number of fused-ring (bicyclic) bond motifs is 1. The van der Waals surface area contributed by atoms with E-state index < -0.39 is 41.8 Å². The minimum atomic E-state index is -1.51. The van der Waals surface area contributed by atoms with Crippen molar-refractivity contribution in [1.82, 2.24) is 9.97 Å². The van der Waals surface area contributed by atoms with Gasteiger partial charge < -0.3 is 15.2 Å². The lowest BCUT2D eigenvalue weighted by atomic mass is 9.86. The van der Waals surface area contributed by atoms with Crippen LogP contribution in [0.3, 0.4) is 0 Å². The molecule has 1 unspecified atom stereocenters. The third kappa shape index (κ3) is 4.30. The molecular weight excluding hydrogens is 430 g/mol. The fourth-order valence-electron chi connectivity index (χ4n) is 3.87. The zero-order valence-electron chi connectivity index (χ0n) is 17.5. The molecule has 0 bridgehead atoms. The van der Waals surface area contributed by atoms with Crippen molar-refractivity contribution in [3.8, 4) is 0 Å². The third-order valence-corrected chi connectivity index (χ3v) is 5.53. The van der Waals surface area contributed by atoms with Gasteiger partial charge in [0.15, 0.2) is 11.6 Å². The Morgan fingerprint density at radius 2 is 1.70 bits per heavy atom. The standard InChI is InChI=1S/C25H20F2N2O4/c1-13-17(21(31)12-30)5-4-6-18(13)24(33)22(23(32)14-9-15(26)11-16(27)10-14)25-28-19-7-2-3-8-20(19)29-25/h2-11,21-22,30-31H,12H2,1H3,(H,28,29)/t21-,22?/m0/s1. The maximum Gasteiger partial charge on any atom is 0.181 e. The Balaban J connectivity index is 1.87. The molecule has 0 aliphatic rings. The van der Waals surface area contributed by atoms with Gasteiger partial charge in [-0.05, 0) is 42.3 Å². The van der Waals surface area contributed by atoms with E-state index in [4.69, 9.17) is 0 Å². The Bertz CT molecular complexity index is 1310. The number of imidazole rings is 1. The Morgan fingerprint density at radius 3 is 2.36 bits per heavy atom. The second-order valence-electron chi connectivity index (χ2n) is 7.68. The lowest BCUT2D eigenvalue weighted by Gasteiger charge is -2.18. The van der Waals surface area contributed by atoms with Crippen LogP contribution in [0.2, 0.25) is 0 Å². The van der Waals surface area contributed by atoms with E-state index in [0.29, 0.717) is 28.2 Å². The summed E-state index contributed by atoms with van der Waals surface area (Å²) in [4.78, 5) is 34.4. The first-order valence-corrected chi connectivity index (χ1v) is 10.2. The van der Waals surface area contributed by atoms with E-state index >= 15 is 0 Å². The molecule has 4 aromatic rings. The average Bonchev–Trinajstić information content (AvgIpc) is 3.21. The molecule has 1 heterocycles. The SMILES string of the molecule is Cc1c(C(=O)C(C(=O)c2cc(F)cc(F)c2)c2nc3ccccc3[nH]2)cccc1[C@@H](O)CO. The number of para-hydroxylation sites is 2. The van der Waals surface area contributed by atoms with Crippen LogP contribution in [0.5, 0.6) is 0 Å². The van der Waals surface area contributed by atoms with Crippen molar-refractivity contribution in [2.24, 2.45) is 0 Å². The molecule has 0 aliphatic carbocycles. The number of halogens is 2. The van der Waals surface area contributed by atoms with Gasteiger partial charge in [0.1, 0.15) is 29.5 Å². The molecule has 2 atom stereocenters. The normalized spacial score (nSPS) is 13.1. The number of benzene rings is 3. The Labute approximate surface area is 187 Å². The van der Waals surface area contributed by atoms with Gasteiger partial charge in [-0.15, -0.1) is 0 Å². The quantitative estimate of drug-likeness (QED) is 0.291. The summed E-state index contributed by atoms with van der Waals surface area (Å²) in [5, 5.41) is 19.4. The van der Waals surface area contributed by atoms with E-state index in [0.717, 1.165) is 12.1 Å². The van der Waals surface area contributed by atoms with Gasteiger partial charge in [-0.1, -0.05) is 30.3 Å². The minimum Gasteiger partial charge on any atom is -0.393 e. The summed E-state index contributed by atoms with van der Waals surface area (Å²) in [5.41, 5.74) is 1.62. The summed E-state index contributed by atoms with van der Waals surface area (Å²) < 4.78 is 27.7. The zero-order chi connectivity index (χ0) is 23.7. The zero-order valence-corrected chi connectivity index (χ0v) is 17.5. The molecule has 0 spiro atoms. The van der Waals surface area contributed by atoms with Gasteiger partial charge in [0.25, 0.3) is 0 Å². The molecule has 3 aromatic carbocycles. The summed E-state index contributed by atoms with van der Waals surface area (Å²) in [6, 6.07) is 13.9. The highest BCUT2D eigenvalue weighted by atomic mass is 19.1. The molecule has 0 fully saturated rings. The van der Waals surface area contributed by atoms with Crippen molar-refractivity contribution in [2.45, 2.75) is 18.9 Å². The van der Waals surface area contributed by atoms with Gasteiger partial charge in [-0.25, -0.2) is 13.8 Å². The number of carbonyl (C=O) groups is 2. The van der Waals surface area contributed by atoms with Crippen molar-refractivity contribution < 1.29 is 28.6 Å². The molecule has 168 valence electrons. The molecule has 1 aromatic heterocycles. The van der Waals surface area contributed by atoms with E-state index in [9.17, 15) is 28.6 Å². The number of carbonyl (C=O) groups excluding carboxylic acids is 2. The van der Waals surface area contributed by atoms with Crippen molar-refractivity contribution in [2.75, 3.05) is 6.61 Å². The molecule has 0 aliphatic heterocycles. The van der Waals surface area contributed by atoms with E-state index in [1.165, 1.54) is 12.1 Å². The van der Waals surface area contributed by atoms with Crippen LogP contribution < -0.4 is 0 Å². The number of hydrogen-bond acceptors (Lipinski definition) is 5. The third-order valence-electron chi connectivity index (χ3n) is 5.53. The van der Waals surface area contributed by atoms with Crippen molar-refractivity contribution in [3.05, 3.63) is 100 Å². The summed E-state index contributed by atoms with van der Waals surface area (Å²) in [5.74, 6) is -4.86. The lowest BCUT2D eigenvalue weighted by molar-refractivity contribution is 0.0853. The molecule has 6 nitrogen and oxygen atoms in total. The number of H-pyrrole nitrogens is 1. The Kier molecular flexibility index (Phi) is 6.13. The van der Waals surface area contributed by atoms with E-state index in [1.807, 2.05) is 0 Å². The van der Waals surface area contributed by atoms with Crippen LogP contribution in [0.1, 0.15) is 49.7 Å². The summed E-state index contributed by atoms with van der Waals surface area (Å²) in [6.45, 7) is 1.04. The number of ketones is 2. The summed E-state index contributed by atoms with van der Waals surface area (Å²) in [6.07, 6.45) is -1.21. The first-order valence-electron chi connectivity index (χ1n) is 10.2. The number of aliphatic hydroxyl groups is 2. The fourth-order valence-corrected chi connectivity index (χ4v) is 3.87. The van der Waals surface area contributed by atoms with Gasteiger partial charge in [0.2, 0.25) is 0 Å². The Hall–Kier alpha value is -3.75. The molecule has 0 radical (unpaired) electrons. The van der Waals surface area contributed by atoms with E-state index in [-0.39, 0.29) is 17.0 Å². The molecular formula is C25H20F2N2O4. The van der Waals surface area contributed by atoms with Crippen molar-refractivity contribution >= 4 is 22.6 Å². The molecule has 4 rings (SSSR count). The molecule has 33 heavy (non-hydrogen) atoms. The van der Waals surface area contributed by atoms with Gasteiger partial charge in [0.05, 0.1) is 17.6 Å². The summed E-state index contributed by atoms with van der Waals surface area (Å²) in [7, 11) is 0. The van der Waals surface area contributed by atoms with Crippen molar-refractivity contribution in [3.63, 3.8) is 0 Å². The van der Waals surface area contributed by atoms with E-state index in [2.05, 4.69) is 9.97 Å². The van der Waals surface area contributed by atoms with Crippen LogP contribution in [0, 0.1) is 18.6 Å². The molecule has 0 saturated heterocycles. The van der Waals surface area contributed by atoms with Gasteiger partial charge in [-0.3, -0.25) is 9.59 Å². The average molecular weight is 450 g/mol. The smallest absolute Gasteiger partial charge is 0.181 e. The first kappa shape index (κ1) is 22.4. The summed E-state index contributed by atoms with van der Waals surface area (Å²) >= 11 is 0. The van der Waals surface area contributed by atoms with Crippen LogP contribution >= 0.6 is 0 Å². The predicted molar refractivity (Wildman–Crippen MR) is 117 cm³/mol. The molecule has 0 saturated carbocycles. The van der Waals surface area contributed by atoms with Crippen LogP contribution in [-0.4, -0.2) is 38.4 Å². The van der Waals surface area contributed by atoms with Gasteiger partial charge >= 0.3 is 0 Å². The van der Waals surface area contributed by atoms with E-state index in [1.54, 1.807) is 37.3 Å². The largest absolute Gasteiger partial charge is 0.393 e. The number of hydrogen-bond donors (Lipinski definition) is 3. The number of Topliss-reactive ketones (excluding diaryl/α,β-unsaturated/α-hetero) is 2. The molecule has 3 N–H and O–H groups in total. The highest BCUT2D eigenvalue weighted by Crippen LogP contribution is 2.29. The van der Waals surface area contributed by atoms with Crippen LogP contribution in [0.25, 0.3) is 11.0 Å². The maximum atomic E-state index is 13.8. The lowest BCUT2D eigenvalue weighted by Crippen LogP contribution is -2.25. The Morgan fingerprint density at radius 1 is 1.00 bits per heavy atom. The van der Waals surface area contributed by atoms with Crippen LogP contribution in [0.4, 0.5) is 8.78 Å². The first-order chi connectivity index (χ1) is 15.8. The highest BCUT2D eigenvalue weighted by Gasteiger charge is 2.34. The topological polar surface area (TPSA) is 103 Å². The highest BCUT2D eigenvalue weighted by molar-refractivity contribution is 6.20. The minimum absolute atomic E-state index is 0.0309. The fraction of sp³-hybridized carbons (Fsp3) is 0.160. The number of aliphatic hydroxyl groups excluding tert-OH is 2. The monoisotopic (exact) mass is 450 g/mol. The maximum absolute atomic E-state index is 13.8. The number of rotatable bonds is 7. The van der Waals surface area contributed by atoms with Crippen LogP contribution in [-0.2, 0) is 0 Å². The van der Waals surface area contributed by atoms with Gasteiger partial charge in [0, 0.05) is 17.2 Å². The van der Waals surface area contributed by atoms with Crippen LogP contribution in [0.15, 0.2) is 60.7 Å². The van der Waals surface area contributed by atoms with Crippen molar-refractivity contribution in [1.29, 1.82) is 0 Å². The number of nitrogens with zero attached hydrogens (tertiary/aromatic N) is 1. The second kappa shape index (κ2) is 9.01. The second-order valence-corrected chi connectivity index (χ2v) is 7.68. The number of aromatic amines is 1. The predicted octanol–water partition coefficient (Wildman–Crippen LogP) is 4.02.